The van der Waals surface area contributed by atoms with E-state index in [0.29, 0.717) is 17.7 Å². The van der Waals surface area contributed by atoms with Gasteiger partial charge in [-0.15, -0.1) is 0 Å². The molecular formula is C11H11O2. The Morgan fingerprint density at radius 1 is 1.54 bits per heavy atom. The van der Waals surface area contributed by atoms with Crippen molar-refractivity contribution in [1.82, 2.24) is 0 Å². The van der Waals surface area contributed by atoms with E-state index >= 15 is 0 Å². The first-order valence-electron chi connectivity index (χ1n) is 4.08. The van der Waals surface area contributed by atoms with Gasteiger partial charge in [0.1, 0.15) is 0 Å². The van der Waals surface area contributed by atoms with E-state index < -0.39 is 0 Å². The third-order valence-electron chi connectivity index (χ3n) is 1.61. The van der Waals surface area contributed by atoms with E-state index in [1.165, 1.54) is 0 Å². The van der Waals surface area contributed by atoms with Crippen molar-refractivity contribution in [3.8, 4) is 0 Å². The van der Waals surface area contributed by atoms with Gasteiger partial charge >= 0.3 is 5.97 Å². The molecule has 0 amide bonds. The number of benzene rings is 1. The van der Waals surface area contributed by atoms with E-state index in [4.69, 9.17) is 4.74 Å². The summed E-state index contributed by atoms with van der Waals surface area (Å²) in [7, 11) is 0. The molecule has 1 radical (unpaired) electrons. The van der Waals surface area contributed by atoms with Gasteiger partial charge < -0.3 is 4.74 Å². The fraction of sp³-hybridized carbons (Fsp3) is 0.182. The maximum atomic E-state index is 11.3. The van der Waals surface area contributed by atoms with Gasteiger partial charge in [0.05, 0.1) is 12.2 Å². The lowest BCUT2D eigenvalue weighted by atomic mass is 10.1. The molecule has 0 spiro atoms. The minimum atomic E-state index is -0.325. The summed E-state index contributed by atoms with van der Waals surface area (Å²) in [5.41, 5.74) is 1.19. The van der Waals surface area contributed by atoms with Crippen molar-refractivity contribution in [2.45, 2.75) is 6.92 Å². The van der Waals surface area contributed by atoms with Gasteiger partial charge in [0.2, 0.25) is 0 Å². The van der Waals surface area contributed by atoms with Crippen LogP contribution in [0.2, 0.25) is 0 Å². The highest BCUT2D eigenvalue weighted by Crippen LogP contribution is 2.09. The van der Waals surface area contributed by atoms with Crippen LogP contribution in [-0.2, 0) is 4.74 Å². The van der Waals surface area contributed by atoms with Gasteiger partial charge in [-0.05, 0) is 24.6 Å². The molecule has 0 atom stereocenters. The fourth-order valence-electron chi connectivity index (χ4n) is 1.02. The standard InChI is InChI=1S/C11H11O2/c1-3-9-7-5-6-8-10(9)11(12)13-4-2/h5-8H,1,4H2,2H3. The van der Waals surface area contributed by atoms with E-state index in [1.54, 1.807) is 25.1 Å². The Morgan fingerprint density at radius 2 is 2.23 bits per heavy atom. The van der Waals surface area contributed by atoms with Gasteiger partial charge in [-0.3, -0.25) is 0 Å². The maximum absolute atomic E-state index is 11.3. The third kappa shape index (κ3) is 2.18. The SMILES string of the molecule is C=[C]c1ccccc1C(=O)OCC. The molecular weight excluding hydrogens is 164 g/mol. The van der Waals surface area contributed by atoms with Gasteiger partial charge in [0.25, 0.3) is 0 Å². The van der Waals surface area contributed by atoms with Crippen LogP contribution >= 0.6 is 0 Å². The van der Waals surface area contributed by atoms with Crippen LogP contribution in [0.4, 0.5) is 0 Å². The largest absolute Gasteiger partial charge is 0.462 e. The predicted octanol–water partition coefficient (Wildman–Crippen LogP) is 2.20. The second-order valence-corrected chi connectivity index (χ2v) is 2.44. The van der Waals surface area contributed by atoms with Crippen LogP contribution in [0.1, 0.15) is 22.8 Å². The molecule has 0 aliphatic carbocycles. The van der Waals surface area contributed by atoms with Crippen molar-refractivity contribution in [3.63, 3.8) is 0 Å². The van der Waals surface area contributed by atoms with Gasteiger partial charge in [0, 0.05) is 0 Å². The molecule has 0 fully saturated rings. The number of rotatable bonds is 3. The second kappa shape index (κ2) is 4.45. The van der Waals surface area contributed by atoms with Crippen LogP contribution in [-0.4, -0.2) is 12.6 Å². The number of carbonyl (C=O) groups is 1. The highest BCUT2D eigenvalue weighted by molar-refractivity contribution is 5.91. The van der Waals surface area contributed by atoms with Crippen molar-refractivity contribution in [1.29, 1.82) is 0 Å². The molecule has 0 N–H and O–H groups in total. The molecule has 0 aliphatic rings. The Bertz CT molecular complexity index is 316. The first-order valence-corrected chi connectivity index (χ1v) is 4.08. The summed E-state index contributed by atoms with van der Waals surface area (Å²) in [5, 5.41) is 0. The van der Waals surface area contributed by atoms with Crippen LogP contribution in [0.3, 0.4) is 0 Å². The van der Waals surface area contributed by atoms with Gasteiger partial charge in [-0.2, -0.15) is 0 Å². The molecule has 0 bridgehead atoms. The molecule has 13 heavy (non-hydrogen) atoms. The first-order chi connectivity index (χ1) is 6.29. The lowest BCUT2D eigenvalue weighted by Gasteiger charge is -2.03. The van der Waals surface area contributed by atoms with Crippen molar-refractivity contribution < 1.29 is 9.53 Å². The van der Waals surface area contributed by atoms with Gasteiger partial charge in [-0.1, -0.05) is 24.8 Å². The molecule has 0 unspecified atom stereocenters. The van der Waals surface area contributed by atoms with Crippen molar-refractivity contribution in [3.05, 3.63) is 48.0 Å². The second-order valence-electron chi connectivity index (χ2n) is 2.44. The molecule has 2 heteroatoms. The Hall–Kier alpha value is -1.57. The Labute approximate surface area is 77.8 Å². The number of carbonyl (C=O) groups excluding carboxylic acids is 1. The fourth-order valence-corrected chi connectivity index (χ4v) is 1.02. The van der Waals surface area contributed by atoms with Gasteiger partial charge in [-0.25, -0.2) is 4.79 Å². The smallest absolute Gasteiger partial charge is 0.338 e. The normalized spacial score (nSPS) is 9.31. The lowest BCUT2D eigenvalue weighted by molar-refractivity contribution is 0.0526. The molecule has 0 heterocycles. The summed E-state index contributed by atoms with van der Waals surface area (Å²) in [6.45, 7) is 5.66. The van der Waals surface area contributed by atoms with Crippen molar-refractivity contribution in [2.75, 3.05) is 6.61 Å². The highest BCUT2D eigenvalue weighted by Gasteiger charge is 2.08. The van der Waals surface area contributed by atoms with Crippen LogP contribution in [0.25, 0.3) is 0 Å². The Balaban J connectivity index is 2.98. The monoisotopic (exact) mass is 175 g/mol. The minimum absolute atomic E-state index is 0.325. The first kappa shape index (κ1) is 9.52. The lowest BCUT2D eigenvalue weighted by Crippen LogP contribution is -2.06. The molecule has 2 nitrogen and oxygen atoms in total. The van der Waals surface area contributed by atoms with Gasteiger partial charge in [0.15, 0.2) is 0 Å². The molecule has 1 rings (SSSR count). The summed E-state index contributed by atoms with van der Waals surface area (Å²) < 4.78 is 4.86. The summed E-state index contributed by atoms with van der Waals surface area (Å²) in [5.74, 6) is -0.325. The summed E-state index contributed by atoms with van der Waals surface area (Å²) >= 11 is 0. The molecule has 67 valence electrons. The zero-order valence-corrected chi connectivity index (χ0v) is 7.54. The van der Waals surface area contributed by atoms with Crippen LogP contribution in [0.5, 0.6) is 0 Å². The van der Waals surface area contributed by atoms with E-state index in [1.807, 2.05) is 6.07 Å². The van der Waals surface area contributed by atoms with Crippen molar-refractivity contribution in [2.24, 2.45) is 0 Å². The summed E-state index contributed by atoms with van der Waals surface area (Å²) in [4.78, 5) is 11.3. The maximum Gasteiger partial charge on any atom is 0.338 e. The number of esters is 1. The van der Waals surface area contributed by atoms with Crippen LogP contribution < -0.4 is 0 Å². The average molecular weight is 175 g/mol. The number of hydrogen-bond acceptors (Lipinski definition) is 2. The zero-order chi connectivity index (χ0) is 9.68. The number of hydrogen-bond donors (Lipinski definition) is 0. The van der Waals surface area contributed by atoms with E-state index in [-0.39, 0.29) is 5.97 Å². The molecule has 1 aromatic carbocycles. The molecule has 0 aromatic heterocycles. The van der Waals surface area contributed by atoms with Crippen molar-refractivity contribution >= 4 is 5.97 Å². The Morgan fingerprint density at radius 3 is 2.85 bits per heavy atom. The third-order valence-corrected chi connectivity index (χ3v) is 1.61. The molecule has 0 saturated heterocycles. The average Bonchev–Trinajstić information content (AvgIpc) is 2.18. The zero-order valence-electron chi connectivity index (χ0n) is 7.54. The topological polar surface area (TPSA) is 26.3 Å². The Kier molecular flexibility index (Phi) is 3.26. The number of ether oxygens (including phenoxy) is 1. The van der Waals surface area contributed by atoms with E-state index in [0.717, 1.165) is 0 Å². The summed E-state index contributed by atoms with van der Waals surface area (Å²) in [6.07, 6.45) is 2.68. The summed E-state index contributed by atoms with van der Waals surface area (Å²) in [6, 6.07) is 7.09. The molecule has 1 aromatic rings. The van der Waals surface area contributed by atoms with Crippen LogP contribution in [0, 0.1) is 6.08 Å². The highest BCUT2D eigenvalue weighted by atomic mass is 16.5. The molecule has 0 aliphatic heterocycles. The van der Waals surface area contributed by atoms with E-state index in [9.17, 15) is 4.79 Å². The quantitative estimate of drug-likeness (QED) is 0.658. The van der Waals surface area contributed by atoms with Crippen LogP contribution in [0.15, 0.2) is 30.8 Å². The minimum Gasteiger partial charge on any atom is -0.462 e. The predicted molar refractivity (Wildman–Crippen MR) is 50.4 cm³/mol. The van der Waals surface area contributed by atoms with E-state index in [2.05, 4.69) is 12.7 Å². The molecule has 0 saturated carbocycles.